The highest BCUT2D eigenvalue weighted by Crippen LogP contribution is 2.21. The van der Waals surface area contributed by atoms with Gasteiger partial charge in [-0.3, -0.25) is 9.69 Å². The Morgan fingerprint density at radius 3 is 3.16 bits per heavy atom. The molecule has 104 valence electrons. The molecule has 0 saturated carbocycles. The van der Waals surface area contributed by atoms with Crippen molar-refractivity contribution in [1.29, 1.82) is 0 Å². The molecule has 0 spiro atoms. The molecule has 1 aromatic heterocycles. The minimum absolute atomic E-state index is 0.200. The highest BCUT2D eigenvalue weighted by Gasteiger charge is 2.34. The van der Waals surface area contributed by atoms with Crippen LogP contribution in [0.1, 0.15) is 12.5 Å². The molecule has 1 aromatic rings. The average molecular weight is 265 g/mol. The lowest BCUT2D eigenvalue weighted by Crippen LogP contribution is -2.56. The van der Waals surface area contributed by atoms with Gasteiger partial charge in [0.1, 0.15) is 6.04 Å². The van der Waals surface area contributed by atoms with E-state index >= 15 is 0 Å². The molecule has 1 aliphatic heterocycles. The quantitative estimate of drug-likeness (QED) is 0.839. The van der Waals surface area contributed by atoms with Gasteiger partial charge < -0.3 is 15.2 Å². The second-order valence-electron chi connectivity index (χ2n) is 4.57. The first-order valence-electron chi connectivity index (χ1n) is 6.26. The molecule has 6 nitrogen and oxygen atoms in total. The van der Waals surface area contributed by atoms with Crippen molar-refractivity contribution in [2.24, 2.45) is 5.73 Å². The lowest BCUT2D eigenvalue weighted by molar-refractivity contribution is -0.136. The molecule has 2 atom stereocenters. The van der Waals surface area contributed by atoms with Crippen LogP contribution in [0, 0.1) is 0 Å². The van der Waals surface area contributed by atoms with E-state index in [1.165, 1.54) is 0 Å². The lowest BCUT2D eigenvalue weighted by Gasteiger charge is -2.37. The number of ether oxygens (including phenoxy) is 2. The molecule has 0 unspecified atom stereocenters. The molecule has 2 N–H and O–H groups in total. The lowest BCUT2D eigenvalue weighted by atomic mass is 10.1. The molecule has 0 radical (unpaired) electrons. The van der Waals surface area contributed by atoms with Gasteiger partial charge in [-0.25, -0.2) is 4.98 Å². The Hall–Kier alpha value is -1.66. The number of aromatic nitrogens is 1. The first-order chi connectivity index (χ1) is 9.13. The number of rotatable bonds is 4. The number of amides is 1. The maximum atomic E-state index is 11.6. The molecule has 1 saturated heterocycles. The van der Waals surface area contributed by atoms with Gasteiger partial charge in [-0.05, 0) is 13.0 Å². The van der Waals surface area contributed by atoms with Gasteiger partial charge >= 0.3 is 0 Å². The molecule has 6 heteroatoms. The van der Waals surface area contributed by atoms with Crippen LogP contribution in [0.5, 0.6) is 5.88 Å². The van der Waals surface area contributed by atoms with Crippen LogP contribution in [-0.2, 0) is 16.1 Å². The van der Waals surface area contributed by atoms with Gasteiger partial charge in [0.05, 0.1) is 19.8 Å². The van der Waals surface area contributed by atoms with Crippen molar-refractivity contribution < 1.29 is 14.3 Å². The summed E-state index contributed by atoms with van der Waals surface area (Å²) < 4.78 is 10.7. The molecule has 19 heavy (non-hydrogen) atoms. The van der Waals surface area contributed by atoms with Crippen molar-refractivity contribution in [2.45, 2.75) is 25.6 Å². The number of carbonyl (C=O) groups excluding carboxylic acids is 1. The molecule has 2 rings (SSSR count). The van der Waals surface area contributed by atoms with Gasteiger partial charge in [-0.2, -0.15) is 0 Å². The molecule has 0 bridgehead atoms. The first-order valence-corrected chi connectivity index (χ1v) is 6.26. The zero-order chi connectivity index (χ0) is 13.8. The monoisotopic (exact) mass is 265 g/mol. The molecule has 2 heterocycles. The van der Waals surface area contributed by atoms with E-state index in [2.05, 4.69) is 4.98 Å². The third-order valence-electron chi connectivity index (χ3n) is 3.31. The average Bonchev–Trinajstić information content (AvgIpc) is 2.39. The topological polar surface area (TPSA) is 77.7 Å². The summed E-state index contributed by atoms with van der Waals surface area (Å²) in [5.74, 6) is 0.208. The standard InChI is InChI=1S/C13H19N3O3/c1-9-11(12(14)17)16(6-7-19-9)8-10-4-3-5-15-13(10)18-2/h3-5,9,11H,6-8H2,1-2H3,(H2,14,17)/t9-,11+/m1/s1. The third kappa shape index (κ3) is 3.02. The number of nitrogens with two attached hydrogens (primary N) is 1. The summed E-state index contributed by atoms with van der Waals surface area (Å²) in [5.41, 5.74) is 6.40. The predicted octanol–water partition coefficient (Wildman–Crippen LogP) is 0.165. The van der Waals surface area contributed by atoms with Gasteiger partial charge in [0.25, 0.3) is 0 Å². The van der Waals surface area contributed by atoms with Crippen LogP contribution in [0.3, 0.4) is 0 Å². The zero-order valence-electron chi connectivity index (χ0n) is 11.2. The molecule has 0 aromatic carbocycles. The second kappa shape index (κ2) is 5.99. The third-order valence-corrected chi connectivity index (χ3v) is 3.31. The highest BCUT2D eigenvalue weighted by atomic mass is 16.5. The van der Waals surface area contributed by atoms with Crippen LogP contribution in [0.4, 0.5) is 0 Å². The Morgan fingerprint density at radius 1 is 1.68 bits per heavy atom. The summed E-state index contributed by atoms with van der Waals surface area (Å²) in [6.07, 6.45) is 1.48. The summed E-state index contributed by atoms with van der Waals surface area (Å²) >= 11 is 0. The maximum absolute atomic E-state index is 11.6. The van der Waals surface area contributed by atoms with Gasteiger partial charge in [-0.15, -0.1) is 0 Å². The number of primary amides is 1. The van der Waals surface area contributed by atoms with E-state index in [0.717, 1.165) is 5.56 Å². The summed E-state index contributed by atoms with van der Waals surface area (Å²) in [7, 11) is 1.58. The predicted molar refractivity (Wildman–Crippen MR) is 69.6 cm³/mol. The fraction of sp³-hybridized carbons (Fsp3) is 0.538. The number of nitrogens with zero attached hydrogens (tertiary/aromatic N) is 2. The largest absolute Gasteiger partial charge is 0.481 e. The summed E-state index contributed by atoms with van der Waals surface area (Å²) in [6.45, 7) is 3.68. The van der Waals surface area contributed by atoms with Crippen LogP contribution in [-0.4, -0.2) is 48.2 Å². The number of hydrogen-bond acceptors (Lipinski definition) is 5. The summed E-state index contributed by atoms with van der Waals surface area (Å²) in [5, 5.41) is 0. The Bertz CT molecular complexity index is 453. The Kier molecular flexibility index (Phi) is 4.34. The zero-order valence-corrected chi connectivity index (χ0v) is 11.2. The van der Waals surface area contributed by atoms with E-state index in [4.69, 9.17) is 15.2 Å². The first kappa shape index (κ1) is 13.8. The molecule has 0 aliphatic carbocycles. The number of carbonyl (C=O) groups is 1. The summed E-state index contributed by atoms with van der Waals surface area (Å²) in [6, 6.07) is 3.36. The maximum Gasteiger partial charge on any atom is 0.237 e. The number of morpholine rings is 1. The van der Waals surface area contributed by atoms with Crippen LogP contribution in [0.2, 0.25) is 0 Å². The van der Waals surface area contributed by atoms with Crippen molar-refractivity contribution in [2.75, 3.05) is 20.3 Å². The number of methoxy groups -OCH3 is 1. The minimum atomic E-state index is -0.418. The van der Waals surface area contributed by atoms with Crippen molar-refractivity contribution in [1.82, 2.24) is 9.88 Å². The van der Waals surface area contributed by atoms with Crippen LogP contribution < -0.4 is 10.5 Å². The van der Waals surface area contributed by atoms with Crippen LogP contribution in [0.15, 0.2) is 18.3 Å². The fourth-order valence-corrected chi connectivity index (χ4v) is 2.42. The van der Waals surface area contributed by atoms with Crippen LogP contribution in [0.25, 0.3) is 0 Å². The highest BCUT2D eigenvalue weighted by molar-refractivity contribution is 5.80. The van der Waals surface area contributed by atoms with Crippen molar-refractivity contribution in [3.05, 3.63) is 23.9 Å². The molecule has 1 amide bonds. The fourth-order valence-electron chi connectivity index (χ4n) is 2.42. The minimum Gasteiger partial charge on any atom is -0.481 e. The normalized spacial score (nSPS) is 24.1. The SMILES string of the molecule is COc1ncccc1CN1CCO[C@H](C)[C@H]1C(N)=O. The second-order valence-corrected chi connectivity index (χ2v) is 4.57. The van der Waals surface area contributed by atoms with E-state index < -0.39 is 6.04 Å². The van der Waals surface area contributed by atoms with Crippen molar-refractivity contribution >= 4 is 5.91 Å². The Labute approximate surface area is 112 Å². The number of pyridine rings is 1. The smallest absolute Gasteiger partial charge is 0.237 e. The van der Waals surface area contributed by atoms with Gasteiger partial charge in [0.2, 0.25) is 11.8 Å². The van der Waals surface area contributed by atoms with Gasteiger partial charge in [0, 0.05) is 24.8 Å². The Morgan fingerprint density at radius 2 is 2.47 bits per heavy atom. The van der Waals surface area contributed by atoms with E-state index in [1.54, 1.807) is 13.3 Å². The van der Waals surface area contributed by atoms with E-state index in [-0.39, 0.29) is 12.0 Å². The molecular weight excluding hydrogens is 246 g/mol. The van der Waals surface area contributed by atoms with Crippen LogP contribution >= 0.6 is 0 Å². The number of hydrogen-bond donors (Lipinski definition) is 1. The van der Waals surface area contributed by atoms with Gasteiger partial charge in [0.15, 0.2) is 0 Å². The van der Waals surface area contributed by atoms with E-state index in [0.29, 0.717) is 25.6 Å². The molecule has 1 fully saturated rings. The van der Waals surface area contributed by atoms with Crippen molar-refractivity contribution in [3.8, 4) is 5.88 Å². The van der Waals surface area contributed by atoms with Crippen molar-refractivity contribution in [3.63, 3.8) is 0 Å². The van der Waals surface area contributed by atoms with E-state index in [1.807, 2.05) is 24.0 Å². The Balaban J connectivity index is 2.18. The summed E-state index contributed by atoms with van der Waals surface area (Å²) in [4.78, 5) is 17.7. The van der Waals surface area contributed by atoms with Gasteiger partial charge in [-0.1, -0.05) is 6.07 Å². The molecule has 1 aliphatic rings. The molecular formula is C13H19N3O3. The van der Waals surface area contributed by atoms with E-state index in [9.17, 15) is 4.79 Å².